The van der Waals surface area contributed by atoms with Gasteiger partial charge in [0.2, 0.25) is 0 Å². The highest BCUT2D eigenvalue weighted by Gasteiger charge is 2.35. The van der Waals surface area contributed by atoms with Crippen LogP contribution in [0.4, 0.5) is 11.4 Å². The lowest BCUT2D eigenvalue weighted by molar-refractivity contribution is 0.662. The van der Waals surface area contributed by atoms with Gasteiger partial charge >= 0.3 is 0 Å². The molecule has 0 aliphatic carbocycles. The number of nitrogens with zero attached hydrogens (tertiary/aromatic N) is 2. The van der Waals surface area contributed by atoms with E-state index in [9.17, 15) is 0 Å². The Labute approximate surface area is 148 Å². The summed E-state index contributed by atoms with van der Waals surface area (Å²) in [7, 11) is 0. The maximum absolute atomic E-state index is 2.56. The topological polar surface area (TPSA) is 6.48 Å². The summed E-state index contributed by atoms with van der Waals surface area (Å²) < 4.78 is 2.90. The van der Waals surface area contributed by atoms with E-state index in [0.717, 1.165) is 19.8 Å². The molecule has 2 aromatic heterocycles. The lowest BCUT2D eigenvalue weighted by Gasteiger charge is -2.43. The van der Waals surface area contributed by atoms with Crippen molar-refractivity contribution in [1.82, 2.24) is 0 Å². The molecule has 0 saturated carbocycles. The average molecular weight is 514 g/mol. The van der Waals surface area contributed by atoms with Crippen molar-refractivity contribution < 1.29 is 0 Å². The van der Waals surface area contributed by atoms with Gasteiger partial charge in [-0.2, -0.15) is 0 Å². The van der Waals surface area contributed by atoms with Gasteiger partial charge < -0.3 is 9.80 Å². The summed E-state index contributed by atoms with van der Waals surface area (Å²) in [6.07, 6.45) is 0. The van der Waals surface area contributed by atoms with Gasteiger partial charge in [0.05, 0.1) is 36.9 Å². The predicted octanol–water partition coefficient (Wildman–Crippen LogP) is 4.93. The first-order valence-electron chi connectivity index (χ1n) is 6.11. The molecule has 0 aromatic carbocycles. The second-order valence-corrected chi connectivity index (χ2v) is 10.9. The molecule has 0 spiro atoms. The van der Waals surface area contributed by atoms with E-state index in [0.29, 0.717) is 0 Å². The predicted molar refractivity (Wildman–Crippen MR) is 101 cm³/mol. The van der Waals surface area contributed by atoms with E-state index in [1.54, 1.807) is 9.75 Å². The molecule has 0 N–H and O–H groups in total. The van der Waals surface area contributed by atoms with Gasteiger partial charge in [-0.25, -0.2) is 0 Å². The summed E-state index contributed by atoms with van der Waals surface area (Å²) in [6, 6.07) is 0. The molecule has 0 saturated heterocycles. The normalized spacial score (nSPS) is 16.6. The Kier molecular flexibility index (Phi) is 3.10. The van der Waals surface area contributed by atoms with Gasteiger partial charge in [-0.15, -0.1) is 22.7 Å². The van der Waals surface area contributed by atoms with Crippen molar-refractivity contribution in [2.75, 3.05) is 16.5 Å². The molecule has 100 valence electrons. The van der Waals surface area contributed by atoms with E-state index < -0.39 is 0 Å². The van der Waals surface area contributed by atoms with Gasteiger partial charge in [0.15, 0.2) is 0 Å². The molecular weight excluding hydrogens is 502 g/mol. The molecule has 0 unspecified atom stereocenters. The second-order valence-electron chi connectivity index (χ2n) is 5.08. The first kappa shape index (κ1) is 13.1. The van der Waals surface area contributed by atoms with Crippen molar-refractivity contribution >= 4 is 79.2 Å². The van der Waals surface area contributed by atoms with Crippen molar-refractivity contribution in [3.05, 3.63) is 26.6 Å². The monoisotopic (exact) mass is 514 g/mol. The number of thiophene rings is 2. The van der Waals surface area contributed by atoms with Crippen LogP contribution in [0.2, 0.25) is 0 Å². The van der Waals surface area contributed by atoms with Crippen molar-refractivity contribution in [2.24, 2.45) is 0 Å². The van der Waals surface area contributed by atoms with Gasteiger partial charge in [-0.3, -0.25) is 0 Å². The molecule has 2 aliphatic heterocycles. The van der Waals surface area contributed by atoms with Gasteiger partial charge in [-0.05, 0) is 70.2 Å². The van der Waals surface area contributed by atoms with Crippen LogP contribution in [0.3, 0.4) is 0 Å². The molecule has 2 aromatic rings. The molecule has 0 fully saturated rings. The quantitative estimate of drug-likeness (QED) is 0.461. The number of anilines is 2. The molecule has 4 heterocycles. The van der Waals surface area contributed by atoms with Crippen LogP contribution < -0.4 is 9.80 Å². The summed E-state index contributed by atoms with van der Waals surface area (Å²) in [5.41, 5.74) is 5.98. The summed E-state index contributed by atoms with van der Waals surface area (Å²) in [4.78, 5) is 8.20. The maximum Gasteiger partial charge on any atom is 0.0911 e. The molecule has 0 amide bonds. The maximum atomic E-state index is 2.56. The van der Waals surface area contributed by atoms with E-state index in [1.807, 2.05) is 22.7 Å². The number of hydrogen-bond donors (Lipinski definition) is 0. The highest BCUT2D eigenvalue weighted by molar-refractivity contribution is 14.1. The summed E-state index contributed by atoms with van der Waals surface area (Å²) in [5.74, 6) is 0. The van der Waals surface area contributed by atoms with E-state index in [1.165, 1.54) is 28.3 Å². The molecule has 6 heteroatoms. The lowest BCUT2D eigenvalue weighted by Crippen LogP contribution is -2.45. The molecule has 4 rings (SSSR count). The van der Waals surface area contributed by atoms with Gasteiger partial charge in [0.25, 0.3) is 0 Å². The fourth-order valence-electron chi connectivity index (χ4n) is 3.06. The van der Waals surface area contributed by atoms with Gasteiger partial charge in [-0.1, -0.05) is 0 Å². The zero-order valence-electron chi connectivity index (χ0n) is 10.6. The summed E-state index contributed by atoms with van der Waals surface area (Å²) in [5, 5.41) is 0. The highest BCUT2D eigenvalue weighted by atomic mass is 127. The van der Waals surface area contributed by atoms with Gasteiger partial charge in [0, 0.05) is 9.75 Å². The smallest absolute Gasteiger partial charge is 0.0911 e. The molecule has 0 atom stereocenters. The fraction of sp³-hybridized carbons (Fsp3) is 0.385. The zero-order chi connectivity index (χ0) is 13.3. The molecule has 2 aliphatic rings. The van der Waals surface area contributed by atoms with Crippen LogP contribution in [-0.4, -0.2) is 6.67 Å². The Balaban J connectivity index is 1.88. The molecule has 2 nitrogen and oxygen atoms in total. The number of halogens is 2. The van der Waals surface area contributed by atoms with E-state index >= 15 is 0 Å². The van der Waals surface area contributed by atoms with Crippen LogP contribution in [0, 0.1) is 19.6 Å². The molecular formula is C13H12I2N2S2. The van der Waals surface area contributed by atoms with Gasteiger partial charge in [0.1, 0.15) is 0 Å². The molecule has 2 bridgehead atoms. The minimum atomic E-state index is 1.06. The Bertz CT molecular complexity index is 631. The van der Waals surface area contributed by atoms with Crippen LogP contribution in [0.25, 0.3) is 0 Å². The van der Waals surface area contributed by atoms with E-state index in [-0.39, 0.29) is 0 Å². The largest absolute Gasteiger partial charge is 0.347 e. The number of fused-ring (bicyclic) bond motifs is 6. The van der Waals surface area contributed by atoms with Crippen molar-refractivity contribution in [3.8, 4) is 0 Å². The lowest BCUT2D eigenvalue weighted by atomic mass is 10.1. The van der Waals surface area contributed by atoms with E-state index in [2.05, 4.69) is 68.8 Å². The standard InChI is InChI=1S/C13H12I2N2S2/c1-6-10-8(18-12(6)14)3-17-5-16(10)4-9-11(17)7(2)13(15)19-9/h3-5H2,1-2H3. The zero-order valence-corrected chi connectivity index (χ0v) is 16.5. The number of hydrogen-bond acceptors (Lipinski definition) is 4. The average Bonchev–Trinajstić information content (AvgIpc) is 2.79. The summed E-state index contributed by atoms with van der Waals surface area (Å²) >= 11 is 8.90. The van der Waals surface area contributed by atoms with Crippen molar-refractivity contribution in [1.29, 1.82) is 0 Å². The van der Waals surface area contributed by atoms with Crippen LogP contribution in [-0.2, 0) is 13.1 Å². The highest BCUT2D eigenvalue weighted by Crippen LogP contribution is 2.48. The third-order valence-corrected chi connectivity index (χ3v) is 8.94. The first-order valence-corrected chi connectivity index (χ1v) is 9.90. The third-order valence-electron chi connectivity index (χ3n) is 3.90. The second kappa shape index (κ2) is 4.48. The SMILES string of the molecule is Cc1c(I)sc2c1N1Cc3sc(I)c(C)c3N(C2)C1. The summed E-state index contributed by atoms with van der Waals surface area (Å²) in [6.45, 7) is 7.76. The van der Waals surface area contributed by atoms with Crippen molar-refractivity contribution in [2.45, 2.75) is 26.9 Å². The van der Waals surface area contributed by atoms with Crippen molar-refractivity contribution in [3.63, 3.8) is 0 Å². The Morgan fingerprint density at radius 1 is 0.842 bits per heavy atom. The Morgan fingerprint density at radius 3 is 1.68 bits per heavy atom. The molecule has 0 radical (unpaired) electrons. The number of rotatable bonds is 0. The van der Waals surface area contributed by atoms with E-state index in [4.69, 9.17) is 0 Å². The first-order chi connectivity index (χ1) is 9.06. The third kappa shape index (κ3) is 1.82. The van der Waals surface area contributed by atoms with Crippen LogP contribution in [0.5, 0.6) is 0 Å². The van der Waals surface area contributed by atoms with Crippen LogP contribution in [0.1, 0.15) is 20.9 Å². The minimum absolute atomic E-state index is 1.06. The molecule has 19 heavy (non-hydrogen) atoms. The Morgan fingerprint density at radius 2 is 1.26 bits per heavy atom. The fourth-order valence-corrected chi connectivity index (χ4v) is 7.30. The Hall–Kier alpha value is 0.460. The van der Waals surface area contributed by atoms with Crippen LogP contribution >= 0.6 is 67.9 Å². The van der Waals surface area contributed by atoms with Crippen LogP contribution in [0.15, 0.2) is 0 Å². The minimum Gasteiger partial charge on any atom is -0.347 e.